The number of rotatable bonds is 5. The standard InChI is InChI=1S/C20H20N4O2/c1-14(17-7-5-4-6-8-17)21-13-20-15(2)22-23(16(20)3)18-9-11-19(12-10-18)24(25)26/h4-14,21-22H,2-3H2,1H3/p+1/b20-13-/t14-/m1/s1. The number of nitrogens with two attached hydrogens (primary N) is 1. The number of benzene rings is 2. The van der Waals surface area contributed by atoms with Gasteiger partial charge in [0.05, 0.1) is 27.6 Å². The summed E-state index contributed by atoms with van der Waals surface area (Å²) in [5.74, 6) is 0. The average molecular weight is 349 g/mol. The summed E-state index contributed by atoms with van der Waals surface area (Å²) in [5.41, 5.74) is 7.62. The number of hydrazine groups is 1. The molecule has 6 heteroatoms. The van der Waals surface area contributed by atoms with E-state index in [0.717, 1.165) is 22.7 Å². The summed E-state index contributed by atoms with van der Waals surface area (Å²) in [6.07, 6.45) is 2.01. The van der Waals surface area contributed by atoms with Gasteiger partial charge in [0.25, 0.3) is 5.69 Å². The Hall–Kier alpha value is -3.38. The lowest BCUT2D eigenvalue weighted by molar-refractivity contribution is -0.630. The van der Waals surface area contributed by atoms with Crippen molar-refractivity contribution in [2.24, 2.45) is 0 Å². The molecule has 0 saturated carbocycles. The van der Waals surface area contributed by atoms with Crippen molar-refractivity contribution in [2.45, 2.75) is 13.0 Å². The predicted octanol–water partition coefficient (Wildman–Crippen LogP) is 3.16. The summed E-state index contributed by atoms with van der Waals surface area (Å²) in [6.45, 7) is 10.3. The summed E-state index contributed by atoms with van der Waals surface area (Å²) < 4.78 is 0. The summed E-state index contributed by atoms with van der Waals surface area (Å²) >= 11 is 0. The third kappa shape index (κ3) is 3.50. The van der Waals surface area contributed by atoms with Gasteiger partial charge in [-0.1, -0.05) is 43.5 Å². The molecule has 1 heterocycles. The highest BCUT2D eigenvalue weighted by molar-refractivity contribution is 5.64. The van der Waals surface area contributed by atoms with Gasteiger partial charge in [-0.25, -0.2) is 0 Å². The van der Waals surface area contributed by atoms with Gasteiger partial charge in [0, 0.05) is 17.7 Å². The Morgan fingerprint density at radius 2 is 1.81 bits per heavy atom. The number of hydrogen-bond acceptors (Lipinski definition) is 4. The van der Waals surface area contributed by atoms with E-state index in [1.54, 1.807) is 17.1 Å². The molecule has 0 amide bonds. The van der Waals surface area contributed by atoms with Gasteiger partial charge in [-0.15, -0.1) is 0 Å². The first-order chi connectivity index (χ1) is 12.5. The summed E-state index contributed by atoms with van der Waals surface area (Å²) in [5, 5.41) is 14.7. The van der Waals surface area contributed by atoms with Crippen molar-refractivity contribution < 1.29 is 10.2 Å². The second kappa shape index (κ2) is 7.25. The molecule has 0 unspecified atom stereocenters. The quantitative estimate of drug-likeness (QED) is 0.642. The fourth-order valence-corrected chi connectivity index (χ4v) is 2.81. The van der Waals surface area contributed by atoms with Crippen molar-refractivity contribution in [3.05, 3.63) is 107 Å². The summed E-state index contributed by atoms with van der Waals surface area (Å²) in [7, 11) is 0. The SMILES string of the molecule is C=C1NN(c2ccc([N+](=O)[O-])cc2)C(=C)/C1=C\[NH2+][C@H](C)c1ccccc1. The largest absolute Gasteiger partial charge is 0.313 e. The third-order valence-electron chi connectivity index (χ3n) is 4.35. The number of nitrogens with one attached hydrogen (secondary N) is 1. The minimum Gasteiger partial charge on any atom is -0.313 e. The van der Waals surface area contributed by atoms with Gasteiger partial charge in [0.15, 0.2) is 0 Å². The second-order valence-electron chi connectivity index (χ2n) is 6.12. The summed E-state index contributed by atoms with van der Waals surface area (Å²) in [6, 6.07) is 16.8. The molecule has 26 heavy (non-hydrogen) atoms. The van der Waals surface area contributed by atoms with E-state index in [4.69, 9.17) is 0 Å². The lowest BCUT2D eigenvalue weighted by atomic mass is 10.1. The predicted molar refractivity (Wildman–Crippen MR) is 102 cm³/mol. The van der Waals surface area contributed by atoms with Crippen molar-refractivity contribution >= 4 is 11.4 Å². The van der Waals surface area contributed by atoms with Crippen LogP contribution in [-0.4, -0.2) is 4.92 Å². The zero-order valence-electron chi connectivity index (χ0n) is 14.6. The van der Waals surface area contributed by atoms with Gasteiger partial charge in [-0.05, 0) is 19.1 Å². The van der Waals surface area contributed by atoms with Gasteiger partial charge in [-0.2, -0.15) is 0 Å². The van der Waals surface area contributed by atoms with Crippen molar-refractivity contribution in [1.82, 2.24) is 5.43 Å². The first kappa shape index (κ1) is 17.4. The van der Waals surface area contributed by atoms with Crippen LogP contribution in [0.2, 0.25) is 0 Å². The Bertz CT molecular complexity index is 872. The van der Waals surface area contributed by atoms with E-state index in [1.807, 2.05) is 24.4 Å². The Kier molecular flexibility index (Phi) is 4.86. The monoisotopic (exact) mass is 349 g/mol. The first-order valence-electron chi connectivity index (χ1n) is 8.27. The number of quaternary nitrogens is 1. The molecule has 0 spiro atoms. The Balaban J connectivity index is 1.75. The number of non-ortho nitro benzene ring substituents is 1. The Morgan fingerprint density at radius 1 is 1.15 bits per heavy atom. The zero-order chi connectivity index (χ0) is 18.7. The van der Waals surface area contributed by atoms with Gasteiger partial charge in [-0.3, -0.25) is 20.5 Å². The second-order valence-corrected chi connectivity index (χ2v) is 6.12. The van der Waals surface area contributed by atoms with E-state index in [9.17, 15) is 10.1 Å². The van der Waals surface area contributed by atoms with Crippen LogP contribution >= 0.6 is 0 Å². The minimum atomic E-state index is -0.416. The number of anilines is 1. The lowest BCUT2D eigenvalue weighted by Crippen LogP contribution is -2.78. The topological polar surface area (TPSA) is 75.0 Å². The molecule has 0 bridgehead atoms. The molecule has 3 rings (SSSR count). The fourth-order valence-electron chi connectivity index (χ4n) is 2.81. The Morgan fingerprint density at radius 3 is 2.42 bits per heavy atom. The normalized spacial score (nSPS) is 16.7. The molecule has 1 saturated heterocycles. The molecule has 2 aromatic rings. The molecular formula is C20H21N4O2+. The van der Waals surface area contributed by atoms with Gasteiger partial charge < -0.3 is 5.32 Å². The highest BCUT2D eigenvalue weighted by atomic mass is 16.6. The Labute approximate surface area is 152 Å². The number of nitro groups is 1. The minimum absolute atomic E-state index is 0.0539. The highest BCUT2D eigenvalue weighted by Crippen LogP contribution is 2.30. The molecule has 1 atom stereocenters. The molecular weight excluding hydrogens is 328 g/mol. The molecule has 3 N–H and O–H groups in total. The van der Waals surface area contributed by atoms with E-state index >= 15 is 0 Å². The maximum atomic E-state index is 10.8. The molecule has 2 aromatic carbocycles. The van der Waals surface area contributed by atoms with Crippen LogP contribution in [0.3, 0.4) is 0 Å². The average Bonchev–Trinajstić information content (AvgIpc) is 2.94. The van der Waals surface area contributed by atoms with E-state index in [1.165, 1.54) is 17.7 Å². The van der Waals surface area contributed by atoms with Crippen LogP contribution < -0.4 is 15.8 Å². The van der Waals surface area contributed by atoms with E-state index in [-0.39, 0.29) is 11.7 Å². The maximum Gasteiger partial charge on any atom is 0.269 e. The van der Waals surface area contributed by atoms with E-state index < -0.39 is 4.92 Å². The lowest BCUT2D eigenvalue weighted by Gasteiger charge is -2.18. The van der Waals surface area contributed by atoms with E-state index in [0.29, 0.717) is 0 Å². The number of nitro benzene ring substituents is 1. The highest BCUT2D eigenvalue weighted by Gasteiger charge is 2.26. The molecule has 0 aromatic heterocycles. The number of nitrogens with zero attached hydrogens (tertiary/aromatic N) is 2. The van der Waals surface area contributed by atoms with Crippen molar-refractivity contribution in [1.29, 1.82) is 0 Å². The first-order valence-corrected chi connectivity index (χ1v) is 8.27. The fraction of sp³-hybridized carbons (Fsp3) is 0.100. The maximum absolute atomic E-state index is 10.8. The van der Waals surface area contributed by atoms with Crippen LogP contribution in [0.25, 0.3) is 0 Å². The van der Waals surface area contributed by atoms with Crippen LogP contribution in [0.5, 0.6) is 0 Å². The molecule has 0 aliphatic carbocycles. The van der Waals surface area contributed by atoms with Crippen molar-refractivity contribution in [3.63, 3.8) is 0 Å². The van der Waals surface area contributed by atoms with Crippen LogP contribution in [0.4, 0.5) is 11.4 Å². The van der Waals surface area contributed by atoms with Crippen molar-refractivity contribution in [3.8, 4) is 0 Å². The third-order valence-corrected chi connectivity index (χ3v) is 4.35. The number of hydrogen-bond donors (Lipinski definition) is 2. The van der Waals surface area contributed by atoms with Gasteiger partial charge >= 0.3 is 0 Å². The van der Waals surface area contributed by atoms with Crippen LogP contribution in [-0.2, 0) is 0 Å². The summed E-state index contributed by atoms with van der Waals surface area (Å²) in [4.78, 5) is 10.4. The zero-order valence-corrected chi connectivity index (χ0v) is 14.6. The van der Waals surface area contributed by atoms with Crippen LogP contribution in [0, 0.1) is 10.1 Å². The van der Waals surface area contributed by atoms with E-state index in [2.05, 4.69) is 43.0 Å². The molecule has 1 fully saturated rings. The van der Waals surface area contributed by atoms with Gasteiger partial charge in [0.2, 0.25) is 0 Å². The van der Waals surface area contributed by atoms with Crippen LogP contribution in [0.15, 0.2) is 90.9 Å². The molecule has 132 valence electrons. The molecule has 0 radical (unpaired) electrons. The van der Waals surface area contributed by atoms with Crippen molar-refractivity contribution in [2.75, 3.05) is 5.01 Å². The molecule has 6 nitrogen and oxygen atoms in total. The molecule has 1 aliphatic rings. The smallest absolute Gasteiger partial charge is 0.269 e. The molecule has 1 aliphatic heterocycles. The van der Waals surface area contributed by atoms with Crippen LogP contribution in [0.1, 0.15) is 18.5 Å². The van der Waals surface area contributed by atoms with Gasteiger partial charge in [0.1, 0.15) is 12.2 Å².